The molecule has 0 bridgehead atoms. The lowest BCUT2D eigenvalue weighted by Crippen LogP contribution is -2.17. The van der Waals surface area contributed by atoms with Gasteiger partial charge in [-0.1, -0.05) is 54.1 Å². The van der Waals surface area contributed by atoms with E-state index in [1.165, 1.54) is 0 Å². The number of hydrogen-bond donors (Lipinski definition) is 1. The summed E-state index contributed by atoms with van der Waals surface area (Å²) in [6, 6.07) is 15.4. The van der Waals surface area contributed by atoms with E-state index in [0.717, 1.165) is 28.1 Å². The summed E-state index contributed by atoms with van der Waals surface area (Å²) in [5.41, 5.74) is 9.20. The van der Waals surface area contributed by atoms with E-state index in [9.17, 15) is 4.79 Å². The highest BCUT2D eigenvalue weighted by atomic mass is 35.5. The Labute approximate surface area is 136 Å². The van der Waals surface area contributed by atoms with Gasteiger partial charge in [0.05, 0.1) is 13.0 Å². The van der Waals surface area contributed by atoms with Crippen LogP contribution < -0.4 is 5.73 Å². The summed E-state index contributed by atoms with van der Waals surface area (Å²) in [5, 5.41) is 0.769. The first-order chi connectivity index (χ1) is 10.6. The topological polar surface area (TPSA) is 52.3 Å². The predicted molar refractivity (Wildman–Crippen MR) is 88.9 cm³/mol. The highest BCUT2D eigenvalue weighted by Gasteiger charge is 2.12. The van der Waals surface area contributed by atoms with E-state index in [-0.39, 0.29) is 18.4 Å². The Bertz CT molecular complexity index is 625. The third kappa shape index (κ3) is 4.58. The Morgan fingerprint density at radius 3 is 2.50 bits per heavy atom. The van der Waals surface area contributed by atoms with Crippen LogP contribution >= 0.6 is 11.6 Å². The number of benzene rings is 2. The molecule has 0 aliphatic carbocycles. The summed E-state index contributed by atoms with van der Waals surface area (Å²) in [6.07, 6.45) is 0.963. The first kappa shape index (κ1) is 16.5. The molecule has 0 aromatic heterocycles. The van der Waals surface area contributed by atoms with Crippen molar-refractivity contribution in [3.05, 3.63) is 70.2 Å². The van der Waals surface area contributed by atoms with Crippen LogP contribution in [0.15, 0.2) is 48.5 Å². The number of carbonyl (C=O) groups is 1. The summed E-state index contributed by atoms with van der Waals surface area (Å²) < 4.78 is 4.92. The van der Waals surface area contributed by atoms with Crippen LogP contribution in [0.25, 0.3) is 0 Å². The maximum Gasteiger partial charge on any atom is 0.307 e. The Morgan fingerprint density at radius 1 is 1.18 bits per heavy atom. The van der Waals surface area contributed by atoms with Crippen LogP contribution in [0.5, 0.6) is 0 Å². The van der Waals surface area contributed by atoms with E-state index >= 15 is 0 Å². The van der Waals surface area contributed by atoms with Gasteiger partial charge in [-0.15, -0.1) is 0 Å². The van der Waals surface area contributed by atoms with Crippen molar-refractivity contribution in [3.8, 4) is 0 Å². The van der Waals surface area contributed by atoms with Crippen LogP contribution in [0.4, 0.5) is 0 Å². The second kappa shape index (κ2) is 7.97. The number of hydrogen-bond acceptors (Lipinski definition) is 3. The van der Waals surface area contributed by atoms with Crippen LogP contribution in [-0.2, 0) is 16.0 Å². The molecule has 0 aliphatic rings. The van der Waals surface area contributed by atoms with Crippen LogP contribution in [-0.4, -0.2) is 12.6 Å². The second-order valence-corrected chi connectivity index (χ2v) is 5.53. The summed E-state index contributed by atoms with van der Waals surface area (Å²) in [7, 11) is 0. The minimum Gasteiger partial charge on any atom is -0.466 e. The maximum absolute atomic E-state index is 11.5. The van der Waals surface area contributed by atoms with Crippen molar-refractivity contribution in [1.29, 1.82) is 0 Å². The first-order valence-corrected chi connectivity index (χ1v) is 7.71. The minimum atomic E-state index is -0.339. The lowest BCUT2D eigenvalue weighted by atomic mass is 10.00. The third-order valence-electron chi connectivity index (χ3n) is 3.45. The Hall–Kier alpha value is -1.84. The van der Waals surface area contributed by atoms with Gasteiger partial charge in [0.15, 0.2) is 0 Å². The molecule has 4 heteroatoms. The van der Waals surface area contributed by atoms with Gasteiger partial charge in [-0.3, -0.25) is 4.79 Å². The molecule has 1 atom stereocenters. The van der Waals surface area contributed by atoms with Gasteiger partial charge in [0.25, 0.3) is 0 Å². The molecule has 0 spiro atoms. The molecule has 0 aliphatic heterocycles. The fourth-order valence-electron chi connectivity index (χ4n) is 2.26. The number of nitrogens with two attached hydrogens (primary N) is 1. The third-order valence-corrected chi connectivity index (χ3v) is 3.82. The zero-order valence-corrected chi connectivity index (χ0v) is 13.3. The molecule has 3 nitrogen and oxygen atoms in total. The highest BCUT2D eigenvalue weighted by Crippen LogP contribution is 2.21. The lowest BCUT2D eigenvalue weighted by Gasteiger charge is -2.12. The number of ether oxygens (including phenoxy) is 1. The Kier molecular flexibility index (Phi) is 5.99. The van der Waals surface area contributed by atoms with E-state index in [0.29, 0.717) is 6.61 Å². The minimum absolute atomic E-state index is 0.192. The van der Waals surface area contributed by atoms with Crippen molar-refractivity contribution in [2.24, 2.45) is 5.73 Å². The molecule has 2 aromatic rings. The fourth-order valence-corrected chi connectivity index (χ4v) is 2.46. The fraction of sp³-hybridized carbons (Fsp3) is 0.278. The van der Waals surface area contributed by atoms with E-state index in [2.05, 4.69) is 0 Å². The largest absolute Gasteiger partial charge is 0.466 e. The van der Waals surface area contributed by atoms with Crippen molar-refractivity contribution >= 4 is 17.6 Å². The average molecular weight is 318 g/mol. The van der Waals surface area contributed by atoms with Crippen LogP contribution in [0.1, 0.15) is 36.1 Å². The first-order valence-electron chi connectivity index (χ1n) is 7.33. The number of rotatable bonds is 6. The molecule has 0 heterocycles. The summed E-state index contributed by atoms with van der Waals surface area (Å²) >= 11 is 6.17. The predicted octanol–water partition coefficient (Wildman–Crippen LogP) is 3.88. The van der Waals surface area contributed by atoms with E-state index in [4.69, 9.17) is 22.1 Å². The molecule has 0 saturated carbocycles. The molecule has 2 aromatic carbocycles. The molecular weight excluding hydrogens is 298 g/mol. The Morgan fingerprint density at radius 2 is 1.86 bits per heavy atom. The van der Waals surface area contributed by atoms with Crippen molar-refractivity contribution in [2.75, 3.05) is 6.61 Å². The molecule has 0 fully saturated rings. The summed E-state index contributed by atoms with van der Waals surface area (Å²) in [5.74, 6) is -0.268. The summed E-state index contributed by atoms with van der Waals surface area (Å²) in [6.45, 7) is 2.16. The Balaban J connectivity index is 2.01. The van der Waals surface area contributed by atoms with Gasteiger partial charge in [0, 0.05) is 11.1 Å². The monoisotopic (exact) mass is 317 g/mol. The highest BCUT2D eigenvalue weighted by molar-refractivity contribution is 6.31. The zero-order valence-electron chi connectivity index (χ0n) is 12.6. The van der Waals surface area contributed by atoms with E-state index < -0.39 is 0 Å². The van der Waals surface area contributed by atoms with E-state index in [1.807, 2.05) is 48.5 Å². The van der Waals surface area contributed by atoms with Crippen LogP contribution in [0.2, 0.25) is 5.02 Å². The average Bonchev–Trinajstić information content (AvgIpc) is 2.50. The quantitative estimate of drug-likeness (QED) is 0.822. The smallest absolute Gasteiger partial charge is 0.307 e. The standard InChI is InChI=1S/C18H20ClNO2/c1-2-22-18(21)12-17(20)14-9-7-13(8-10-14)11-15-5-3-4-6-16(15)19/h3-10,17H,2,11-12,20H2,1H3. The second-order valence-electron chi connectivity index (χ2n) is 5.13. The number of halogens is 1. The zero-order chi connectivity index (χ0) is 15.9. The van der Waals surface area contributed by atoms with Crippen LogP contribution in [0, 0.1) is 0 Å². The molecule has 2 rings (SSSR count). The molecule has 0 amide bonds. The normalized spacial score (nSPS) is 12.0. The molecule has 2 N–H and O–H groups in total. The van der Waals surface area contributed by atoms with Gasteiger partial charge >= 0.3 is 5.97 Å². The van der Waals surface area contributed by atoms with E-state index in [1.54, 1.807) is 6.92 Å². The van der Waals surface area contributed by atoms with Gasteiger partial charge < -0.3 is 10.5 Å². The van der Waals surface area contributed by atoms with Gasteiger partial charge in [-0.05, 0) is 36.1 Å². The van der Waals surface area contributed by atoms with Gasteiger partial charge in [0.2, 0.25) is 0 Å². The molecule has 1 unspecified atom stereocenters. The van der Waals surface area contributed by atoms with Gasteiger partial charge in [-0.2, -0.15) is 0 Å². The molecule has 0 saturated heterocycles. The SMILES string of the molecule is CCOC(=O)CC(N)c1ccc(Cc2ccccc2Cl)cc1. The lowest BCUT2D eigenvalue weighted by molar-refractivity contribution is -0.143. The van der Waals surface area contributed by atoms with Crippen molar-refractivity contribution in [1.82, 2.24) is 0 Å². The number of carbonyl (C=O) groups excluding carboxylic acids is 1. The van der Waals surface area contributed by atoms with Crippen molar-refractivity contribution < 1.29 is 9.53 Å². The maximum atomic E-state index is 11.5. The summed E-state index contributed by atoms with van der Waals surface area (Å²) in [4.78, 5) is 11.5. The van der Waals surface area contributed by atoms with Crippen molar-refractivity contribution in [3.63, 3.8) is 0 Å². The molecular formula is C18H20ClNO2. The number of esters is 1. The molecule has 116 valence electrons. The van der Waals surface area contributed by atoms with Gasteiger partial charge in [0.1, 0.15) is 0 Å². The molecule has 22 heavy (non-hydrogen) atoms. The van der Waals surface area contributed by atoms with Gasteiger partial charge in [-0.25, -0.2) is 0 Å². The van der Waals surface area contributed by atoms with Crippen molar-refractivity contribution in [2.45, 2.75) is 25.8 Å². The van der Waals surface area contributed by atoms with Crippen LogP contribution in [0.3, 0.4) is 0 Å². The molecule has 0 radical (unpaired) electrons.